The second-order valence-electron chi connectivity index (χ2n) is 31.8. The van der Waals surface area contributed by atoms with Crippen LogP contribution in [0.25, 0.3) is 0 Å². The molecule has 18 amide bonds. The van der Waals surface area contributed by atoms with E-state index in [9.17, 15) is 91.7 Å². The van der Waals surface area contributed by atoms with Crippen molar-refractivity contribution in [2.75, 3.05) is 86.2 Å². The van der Waals surface area contributed by atoms with Crippen LogP contribution in [-0.2, 0) is 109 Å². The van der Waals surface area contributed by atoms with Crippen molar-refractivity contribution < 1.29 is 106 Å². The van der Waals surface area contributed by atoms with Crippen LogP contribution in [0.5, 0.6) is 0 Å². The Morgan fingerprint density at radius 3 is 1.44 bits per heavy atom. The predicted octanol–water partition coefficient (Wildman–Crippen LogP) is -3.78. The first-order chi connectivity index (χ1) is 59.8. The minimum absolute atomic E-state index is 0.00445. The molecule has 0 unspecified atom stereocenters. The number of amides is 18. The maximum Gasteiger partial charge on any atom is 0.303 e. The van der Waals surface area contributed by atoms with Gasteiger partial charge < -0.3 is 110 Å². The zero-order valence-corrected chi connectivity index (χ0v) is 74.9. The standard InChI is InChI=1S/C81H119N19O22S4/c1-45(2)33-54-74(115)91-53(21-23-68(108)109)81(122)100-28-14-19-61(100)80(121)96-60-41-126-32-27-66(105)99-43-97(64(103)25-30-124-39-58(94-70(111)47(5)82)72(113)85-38-63(102)88-56(35-49-15-10-8-11-16-49)76(117)90-52(24-29-123-7)71(112)84-37-62(101)87-54)42-98(44-99)65(104)26-31-125-40-59(78(119)86-48(6)69(83)110)95-77(118)57(36-50-17-12-9-13-18-50)93-75(116)55(34-46(3)4)92-73(114)51(89-79(60)120)20-22-67(106)107/h8-13,15-18,45-48,51-61H,14,19-44,82H2,1-7H3,(H2,83,110)(H,84,112)(H,85,113)(H,86,119)(H,87,101)(H,88,102)(H,89,120)(H,90,117)(H,91,115)(H,92,114)(H,93,116)(H,94,111)(H,95,118)(H,96,121)(H,106,107)(H,108,109)/t47-,48-,51-,52-,53-,54-,55-,56-,57-,58-,59-,60-,61-/m0/s1. The molecule has 0 radical (unpaired) electrons. The molecular weight excluding hydrogens is 1720 g/mol. The van der Waals surface area contributed by atoms with Crippen LogP contribution in [0.4, 0.5) is 0 Å². The highest BCUT2D eigenvalue weighted by Crippen LogP contribution is 2.24. The van der Waals surface area contributed by atoms with E-state index in [4.69, 9.17) is 11.5 Å². The van der Waals surface area contributed by atoms with Gasteiger partial charge in [-0.25, -0.2) is 0 Å². The monoisotopic (exact) mass is 1840 g/mol. The number of hydrogen-bond acceptors (Lipinski definition) is 25. The van der Waals surface area contributed by atoms with Crippen LogP contribution in [-0.4, -0.2) is 313 Å². The van der Waals surface area contributed by atoms with E-state index in [1.165, 1.54) is 40.3 Å². The number of nitrogens with zero attached hydrogens (tertiary/aromatic N) is 4. The Labute approximate surface area is 747 Å². The van der Waals surface area contributed by atoms with Crippen molar-refractivity contribution in [3.8, 4) is 0 Å². The SMILES string of the molecule is CSCC[C@@H]1NC(=O)[C@H](Cc2ccccc2)NC(=O)CNC(=O)[C@@H](NC(=O)[C@H](C)N)CSCCC(=O)N2CN3CN(C2)C(=O)CCSC[C@H](NC(=O)[C@@H]2CCCN2C(=O)[C@H](CCC(=O)O)NC(=O)[C@H](CC(C)C)NC(=O)CNC1=O)C(=O)N[C@@H](CCC(=O)O)C(=O)N[C@@H](CC(C)C)C(=O)N[C@@H](Cc1ccccc1)C(=O)N[C@H](C(=O)N[C@@H](C)C(N)=O)CSCCC3=O. The second-order valence-corrected chi connectivity index (χ2v) is 36.2. The Morgan fingerprint density at radius 1 is 0.500 bits per heavy atom. The fourth-order valence-corrected chi connectivity index (χ4v) is 16.9. The number of nitrogens with one attached hydrogen (secondary N) is 13. The van der Waals surface area contributed by atoms with E-state index >= 15 is 14.4 Å². The summed E-state index contributed by atoms with van der Waals surface area (Å²) in [5.74, 6) is -20.4. The van der Waals surface area contributed by atoms with Gasteiger partial charge in [-0.2, -0.15) is 47.0 Å². The van der Waals surface area contributed by atoms with Crippen LogP contribution < -0.4 is 80.6 Å². The van der Waals surface area contributed by atoms with Crippen molar-refractivity contribution in [2.24, 2.45) is 23.3 Å². The van der Waals surface area contributed by atoms with Crippen molar-refractivity contribution in [3.05, 3.63) is 71.8 Å². The Kier molecular flexibility index (Phi) is 43.7. The molecule has 45 heteroatoms. The highest BCUT2D eigenvalue weighted by molar-refractivity contribution is 7.99. The number of carbonyl (C=O) groups excluding carboxylic acids is 18. The second kappa shape index (κ2) is 53.0. The zero-order valence-electron chi connectivity index (χ0n) is 71.7. The van der Waals surface area contributed by atoms with E-state index in [2.05, 4.69) is 69.1 Å². The lowest BCUT2D eigenvalue weighted by atomic mass is 10.00. The number of aliphatic carboxylic acids is 2. The summed E-state index contributed by atoms with van der Waals surface area (Å²) in [6.45, 7) is 6.61. The van der Waals surface area contributed by atoms with Crippen LogP contribution >= 0.6 is 47.0 Å². The molecule has 4 saturated heterocycles. The van der Waals surface area contributed by atoms with E-state index in [-0.39, 0.29) is 118 Å². The Morgan fingerprint density at radius 2 is 0.929 bits per heavy atom. The number of benzene rings is 2. The van der Waals surface area contributed by atoms with Crippen LogP contribution in [0.2, 0.25) is 0 Å². The Bertz CT molecular complexity index is 4180. The summed E-state index contributed by atoms with van der Waals surface area (Å²) in [6, 6.07) is -2.51. The average molecular weight is 1840 g/mol. The van der Waals surface area contributed by atoms with Crippen molar-refractivity contribution in [1.82, 2.24) is 88.7 Å². The molecule has 6 rings (SSSR count). The lowest BCUT2D eigenvalue weighted by Gasteiger charge is -2.42. The molecule has 41 nitrogen and oxygen atoms in total. The number of primary amides is 1. The smallest absolute Gasteiger partial charge is 0.303 e. The van der Waals surface area contributed by atoms with Gasteiger partial charge in [0, 0.05) is 86.0 Å². The van der Waals surface area contributed by atoms with Gasteiger partial charge in [0.15, 0.2) is 0 Å². The summed E-state index contributed by atoms with van der Waals surface area (Å²) >= 11 is 4.26. The number of thioether (sulfide) groups is 4. The molecular formula is C81H119N19O22S4. The van der Waals surface area contributed by atoms with Gasteiger partial charge in [-0.15, -0.1) is 0 Å². The van der Waals surface area contributed by atoms with Gasteiger partial charge in [-0.3, -0.25) is 95.9 Å². The molecule has 0 aliphatic carbocycles. The molecule has 4 heterocycles. The Balaban J connectivity index is 1.45. The number of carboxylic acid groups (broad SMARTS) is 2. The third-order valence-electron chi connectivity index (χ3n) is 20.4. The van der Waals surface area contributed by atoms with Crippen molar-refractivity contribution in [2.45, 2.75) is 210 Å². The minimum atomic E-state index is -1.81. The molecule has 4 bridgehead atoms. The van der Waals surface area contributed by atoms with Gasteiger partial charge >= 0.3 is 11.9 Å². The Hall–Kier alpha value is -10.8. The molecule has 4 fully saturated rings. The molecule has 2 aromatic carbocycles. The summed E-state index contributed by atoms with van der Waals surface area (Å²) in [4.78, 5) is 287. The number of fused-ring (bicyclic) bond motifs is 8. The van der Waals surface area contributed by atoms with E-state index in [1.807, 2.05) is 0 Å². The molecule has 0 aromatic heterocycles. The van der Waals surface area contributed by atoms with Gasteiger partial charge in [0.1, 0.15) is 72.5 Å². The normalized spacial score (nSPS) is 24.7. The molecule has 694 valence electrons. The highest BCUT2D eigenvalue weighted by Gasteiger charge is 2.43. The molecule has 13 atom stereocenters. The van der Waals surface area contributed by atoms with E-state index in [1.54, 1.807) is 94.6 Å². The molecule has 0 spiro atoms. The summed E-state index contributed by atoms with van der Waals surface area (Å²) < 4.78 is 0. The molecule has 126 heavy (non-hydrogen) atoms. The van der Waals surface area contributed by atoms with Crippen LogP contribution in [0, 0.1) is 11.8 Å². The maximum atomic E-state index is 15.1. The largest absolute Gasteiger partial charge is 0.481 e. The fourth-order valence-electron chi connectivity index (χ4n) is 13.6. The summed E-state index contributed by atoms with van der Waals surface area (Å²) in [7, 11) is 0. The third-order valence-corrected chi connectivity index (χ3v) is 24.3. The summed E-state index contributed by atoms with van der Waals surface area (Å²) in [5, 5.41) is 53.5. The van der Waals surface area contributed by atoms with Crippen molar-refractivity contribution in [1.29, 1.82) is 0 Å². The predicted molar refractivity (Wildman–Crippen MR) is 467 cm³/mol. The average Bonchev–Trinajstić information content (AvgIpc) is 1.61. The van der Waals surface area contributed by atoms with Crippen LogP contribution in [0.15, 0.2) is 60.7 Å². The van der Waals surface area contributed by atoms with Gasteiger partial charge in [0.05, 0.1) is 39.1 Å². The first kappa shape index (κ1) is 104. The van der Waals surface area contributed by atoms with Crippen molar-refractivity contribution >= 4 is 165 Å². The first-order valence-electron chi connectivity index (χ1n) is 41.6. The van der Waals surface area contributed by atoms with Crippen molar-refractivity contribution in [3.63, 3.8) is 0 Å². The quantitative estimate of drug-likeness (QED) is 0.0538. The number of carboxylic acids is 2. The molecule has 4 aliphatic heterocycles. The fraction of sp³-hybridized carbons (Fsp3) is 0.605. The number of rotatable bonds is 22. The molecule has 4 aliphatic rings. The third kappa shape index (κ3) is 35.6. The molecule has 0 saturated carbocycles. The summed E-state index contributed by atoms with van der Waals surface area (Å²) in [5.41, 5.74) is 12.5. The van der Waals surface area contributed by atoms with E-state index in [0.717, 1.165) is 40.2 Å². The van der Waals surface area contributed by atoms with Crippen LogP contribution in [0.1, 0.15) is 130 Å². The lowest BCUT2D eigenvalue weighted by Crippen LogP contribution is -2.61. The highest BCUT2D eigenvalue weighted by atomic mass is 32.2. The molecule has 19 N–H and O–H groups in total. The van der Waals surface area contributed by atoms with Gasteiger partial charge in [-0.05, 0) is 93.8 Å². The molecule has 2 aromatic rings. The number of hydrogen-bond donors (Lipinski definition) is 17. The van der Waals surface area contributed by atoms with E-state index in [0.29, 0.717) is 16.9 Å². The van der Waals surface area contributed by atoms with Gasteiger partial charge in [0.25, 0.3) is 0 Å². The first-order valence-corrected chi connectivity index (χ1v) is 46.5. The van der Waals surface area contributed by atoms with E-state index < -0.39 is 255 Å². The number of nitrogens with two attached hydrogens (primary N) is 2. The number of carbonyl (C=O) groups is 20. The summed E-state index contributed by atoms with van der Waals surface area (Å²) in [6.07, 6.45) is -2.45. The maximum absolute atomic E-state index is 15.1. The zero-order chi connectivity index (χ0) is 92.9. The van der Waals surface area contributed by atoms with Gasteiger partial charge in [0.2, 0.25) is 106 Å². The topological polar surface area (TPSA) is 603 Å². The van der Waals surface area contributed by atoms with Crippen LogP contribution in [0.3, 0.4) is 0 Å². The lowest BCUT2D eigenvalue weighted by molar-refractivity contribution is -0.158. The van der Waals surface area contributed by atoms with Gasteiger partial charge in [-0.1, -0.05) is 88.4 Å². The minimum Gasteiger partial charge on any atom is -0.481 e.